The number of ether oxygens (including phenoxy) is 1. The molecule has 0 N–H and O–H groups in total. The lowest BCUT2D eigenvalue weighted by molar-refractivity contribution is -0.157. The summed E-state index contributed by atoms with van der Waals surface area (Å²) >= 11 is 0. The summed E-state index contributed by atoms with van der Waals surface area (Å²) in [7, 11) is 1.47. The Kier molecular flexibility index (Phi) is 5.42. The van der Waals surface area contributed by atoms with Crippen LogP contribution in [0.15, 0.2) is 0 Å². The van der Waals surface area contributed by atoms with Crippen molar-refractivity contribution in [2.24, 2.45) is 46.3 Å². The van der Waals surface area contributed by atoms with E-state index in [0.717, 1.165) is 24.7 Å². The number of hydrogen-bond donors (Lipinski definition) is 0. The number of rotatable bonds is 4. The van der Waals surface area contributed by atoms with E-state index in [1.165, 1.54) is 58.5 Å². The van der Waals surface area contributed by atoms with Crippen molar-refractivity contribution in [2.45, 2.75) is 91.4 Å². The third-order valence-electron chi connectivity index (χ3n) is 10.2. The van der Waals surface area contributed by atoms with Crippen molar-refractivity contribution in [3.05, 3.63) is 0 Å². The molecule has 158 valence electrons. The largest absolute Gasteiger partial charge is 0.469 e. The molecule has 0 aromatic carbocycles. The number of methoxy groups -OCH3 is 1. The van der Waals surface area contributed by atoms with Gasteiger partial charge in [0.15, 0.2) is 0 Å². The fourth-order valence-corrected chi connectivity index (χ4v) is 8.59. The van der Waals surface area contributed by atoms with E-state index in [4.69, 9.17) is 4.74 Å². The van der Waals surface area contributed by atoms with Crippen LogP contribution >= 0.6 is 0 Å². The molecule has 0 amide bonds. The first-order valence-corrected chi connectivity index (χ1v) is 11.9. The molecule has 0 aliphatic heterocycles. The average Bonchev–Trinajstić information content (AvgIpc) is 3.05. The van der Waals surface area contributed by atoms with Crippen molar-refractivity contribution >= 4 is 11.8 Å². The fourth-order valence-electron chi connectivity index (χ4n) is 8.59. The van der Waals surface area contributed by atoms with Crippen molar-refractivity contribution in [3.63, 3.8) is 0 Å². The molecule has 0 unspecified atom stereocenters. The van der Waals surface area contributed by atoms with Crippen LogP contribution in [-0.2, 0) is 14.3 Å². The Morgan fingerprint density at radius 3 is 2.64 bits per heavy atom. The van der Waals surface area contributed by atoms with Crippen LogP contribution in [0.4, 0.5) is 0 Å². The zero-order valence-electron chi connectivity index (χ0n) is 18.5. The molecule has 4 fully saturated rings. The summed E-state index contributed by atoms with van der Waals surface area (Å²) in [6.07, 6.45) is 12.8. The van der Waals surface area contributed by atoms with E-state index in [2.05, 4.69) is 20.8 Å². The summed E-state index contributed by atoms with van der Waals surface area (Å²) in [5, 5.41) is 0. The second-order valence-electron chi connectivity index (χ2n) is 11.1. The minimum atomic E-state index is -0.158. The first-order valence-electron chi connectivity index (χ1n) is 11.9. The van der Waals surface area contributed by atoms with Gasteiger partial charge in [-0.05, 0) is 85.9 Å². The van der Waals surface area contributed by atoms with Gasteiger partial charge < -0.3 is 4.74 Å². The van der Waals surface area contributed by atoms with Crippen LogP contribution in [0.1, 0.15) is 91.4 Å². The molecule has 0 bridgehead atoms. The van der Waals surface area contributed by atoms with Gasteiger partial charge in [-0.2, -0.15) is 0 Å². The van der Waals surface area contributed by atoms with E-state index in [9.17, 15) is 9.59 Å². The number of carbonyl (C=O) groups excluding carboxylic acids is 2. The lowest BCUT2D eigenvalue weighted by Crippen LogP contribution is -2.56. The smallest absolute Gasteiger partial charge is 0.305 e. The van der Waals surface area contributed by atoms with Gasteiger partial charge >= 0.3 is 5.97 Å². The Morgan fingerprint density at radius 1 is 1.11 bits per heavy atom. The van der Waals surface area contributed by atoms with Crippen molar-refractivity contribution in [3.8, 4) is 0 Å². The predicted molar refractivity (Wildman–Crippen MR) is 111 cm³/mol. The third-order valence-corrected chi connectivity index (χ3v) is 10.2. The maximum absolute atomic E-state index is 13.7. The molecule has 0 radical (unpaired) electrons. The number of esters is 1. The van der Waals surface area contributed by atoms with Crippen LogP contribution in [0.25, 0.3) is 0 Å². The first-order chi connectivity index (χ1) is 13.3. The highest BCUT2D eigenvalue weighted by atomic mass is 16.5. The van der Waals surface area contributed by atoms with Crippen LogP contribution in [0.5, 0.6) is 0 Å². The highest BCUT2D eigenvalue weighted by Gasteiger charge is 2.63. The zero-order chi connectivity index (χ0) is 20.1. The maximum atomic E-state index is 13.7. The lowest BCUT2D eigenvalue weighted by atomic mass is 9.44. The Balaban J connectivity index is 1.55. The molecule has 0 spiro atoms. The molecule has 4 rings (SSSR count). The van der Waals surface area contributed by atoms with Gasteiger partial charge in [0, 0.05) is 18.3 Å². The number of Topliss-reactive ketones (excluding diaryl/α,β-unsaturated/α-hetero) is 1. The molecule has 3 nitrogen and oxygen atoms in total. The summed E-state index contributed by atoms with van der Waals surface area (Å²) in [5.41, 5.74) is 0.251. The maximum Gasteiger partial charge on any atom is 0.305 e. The molecule has 8 atom stereocenters. The molecule has 0 heterocycles. The van der Waals surface area contributed by atoms with Gasteiger partial charge in [-0.25, -0.2) is 0 Å². The standard InChI is InChI=1S/C25H40O3/c1-16(8-13-23(27)28-4)19-11-12-20-18-10-9-17-7-5-6-14-24(17,2)21(18)15-22(26)25(19,20)3/h16-21H,5-15H2,1-4H3/t16-,17-,18+,19+,20-,21-,24-,25+/m0/s1. The van der Waals surface area contributed by atoms with Gasteiger partial charge in [-0.15, -0.1) is 0 Å². The summed E-state index contributed by atoms with van der Waals surface area (Å²) < 4.78 is 4.84. The first kappa shape index (κ1) is 20.4. The van der Waals surface area contributed by atoms with Crippen molar-refractivity contribution in [1.82, 2.24) is 0 Å². The van der Waals surface area contributed by atoms with Gasteiger partial charge in [0.1, 0.15) is 5.78 Å². The molecule has 3 heteroatoms. The lowest BCUT2D eigenvalue weighted by Gasteiger charge is -2.60. The highest BCUT2D eigenvalue weighted by Crippen LogP contribution is 2.67. The monoisotopic (exact) mass is 388 g/mol. The van der Waals surface area contributed by atoms with Crippen LogP contribution in [0.2, 0.25) is 0 Å². The third kappa shape index (κ3) is 2.98. The minimum absolute atomic E-state index is 0.120. The van der Waals surface area contributed by atoms with Gasteiger partial charge in [-0.3, -0.25) is 9.59 Å². The Bertz CT molecular complexity index is 627. The Hall–Kier alpha value is -0.860. The average molecular weight is 389 g/mol. The second-order valence-corrected chi connectivity index (χ2v) is 11.1. The summed E-state index contributed by atoms with van der Waals surface area (Å²) in [4.78, 5) is 25.3. The van der Waals surface area contributed by atoms with E-state index < -0.39 is 0 Å². The van der Waals surface area contributed by atoms with E-state index >= 15 is 0 Å². The van der Waals surface area contributed by atoms with Gasteiger partial charge in [0.2, 0.25) is 0 Å². The molecule has 4 aliphatic rings. The SMILES string of the molecule is COC(=O)CC[C@H](C)[C@H]1CC[C@H]2[C@H]3CC[C@@H]4CCCC[C@]4(C)[C@H]3CC(=O)[C@]12C. The molecule has 28 heavy (non-hydrogen) atoms. The van der Waals surface area contributed by atoms with Crippen molar-refractivity contribution < 1.29 is 14.3 Å². The minimum Gasteiger partial charge on any atom is -0.469 e. The highest BCUT2D eigenvalue weighted by molar-refractivity contribution is 5.87. The number of ketones is 1. The molecular formula is C25H40O3. The number of hydrogen-bond acceptors (Lipinski definition) is 3. The number of fused-ring (bicyclic) bond motifs is 5. The van der Waals surface area contributed by atoms with E-state index in [1.807, 2.05) is 0 Å². The molecular weight excluding hydrogens is 348 g/mol. The van der Waals surface area contributed by atoms with Crippen molar-refractivity contribution in [1.29, 1.82) is 0 Å². The Labute approximate surface area is 171 Å². The van der Waals surface area contributed by atoms with Gasteiger partial charge in [0.05, 0.1) is 7.11 Å². The molecule has 0 aromatic rings. The summed E-state index contributed by atoms with van der Waals surface area (Å²) in [6, 6.07) is 0. The quantitative estimate of drug-likeness (QED) is 0.571. The topological polar surface area (TPSA) is 43.4 Å². The van der Waals surface area contributed by atoms with Crippen molar-refractivity contribution in [2.75, 3.05) is 7.11 Å². The van der Waals surface area contributed by atoms with Gasteiger partial charge in [0.25, 0.3) is 0 Å². The predicted octanol–water partition coefficient (Wildman–Crippen LogP) is 5.80. The van der Waals surface area contributed by atoms with E-state index in [-0.39, 0.29) is 11.4 Å². The normalized spacial score (nSPS) is 46.3. The molecule has 0 saturated heterocycles. The van der Waals surface area contributed by atoms with E-state index in [0.29, 0.717) is 41.3 Å². The van der Waals surface area contributed by atoms with Crippen LogP contribution in [0.3, 0.4) is 0 Å². The van der Waals surface area contributed by atoms with Gasteiger partial charge in [-0.1, -0.05) is 33.6 Å². The second kappa shape index (κ2) is 7.43. The zero-order valence-corrected chi connectivity index (χ0v) is 18.5. The van der Waals surface area contributed by atoms with Crippen LogP contribution < -0.4 is 0 Å². The van der Waals surface area contributed by atoms with E-state index in [1.54, 1.807) is 0 Å². The van der Waals surface area contributed by atoms with Crippen LogP contribution in [0, 0.1) is 46.3 Å². The molecule has 0 aromatic heterocycles. The van der Waals surface area contributed by atoms with Crippen LogP contribution in [-0.4, -0.2) is 18.9 Å². The Morgan fingerprint density at radius 2 is 1.89 bits per heavy atom. The summed E-state index contributed by atoms with van der Waals surface area (Å²) in [5.74, 6) is 4.09. The number of carbonyl (C=O) groups is 2. The summed E-state index contributed by atoms with van der Waals surface area (Å²) in [6.45, 7) is 7.10. The molecule has 4 saturated carbocycles. The fraction of sp³-hybridized carbons (Fsp3) is 0.920. The molecule has 4 aliphatic carbocycles.